The summed E-state index contributed by atoms with van der Waals surface area (Å²) in [5.74, 6) is 0.0568. The highest BCUT2D eigenvalue weighted by atomic mass is 32.2. The highest BCUT2D eigenvalue weighted by Crippen LogP contribution is 2.23. The normalized spacial score (nSPS) is 15.0. The molecule has 1 aromatic carbocycles. The first-order chi connectivity index (χ1) is 13.9. The Balaban J connectivity index is 1.34. The minimum atomic E-state index is -3.38. The number of H-pyrrole nitrogens is 1. The van der Waals surface area contributed by atoms with Crippen LogP contribution in [-0.4, -0.2) is 58.9 Å². The molecule has 4 rings (SSSR count). The molecule has 0 atom stereocenters. The Morgan fingerprint density at radius 1 is 1.24 bits per heavy atom. The molecule has 3 heterocycles. The minimum absolute atomic E-state index is 0.0568. The fourth-order valence-electron chi connectivity index (χ4n) is 3.77. The Morgan fingerprint density at radius 2 is 2.03 bits per heavy atom. The van der Waals surface area contributed by atoms with Crippen molar-refractivity contribution in [3.8, 4) is 0 Å². The van der Waals surface area contributed by atoms with Crippen LogP contribution in [0.4, 0.5) is 0 Å². The quantitative estimate of drug-likeness (QED) is 0.644. The van der Waals surface area contributed by atoms with Gasteiger partial charge in [0.1, 0.15) is 0 Å². The molecule has 0 saturated carbocycles. The zero-order chi connectivity index (χ0) is 20.4. The first kappa shape index (κ1) is 19.6. The fourth-order valence-corrected chi connectivity index (χ4v) is 4.83. The molecule has 1 aliphatic rings. The number of nitrogens with zero attached hydrogens (tertiary/aromatic N) is 3. The number of nitrogens with one attached hydrogen (secondary N) is 1. The van der Waals surface area contributed by atoms with Gasteiger partial charge in [0.15, 0.2) is 0 Å². The van der Waals surface area contributed by atoms with E-state index >= 15 is 0 Å². The summed E-state index contributed by atoms with van der Waals surface area (Å²) in [5, 5.41) is 1.14. The standard InChI is InChI=1S/C21H24N4O3S/c1-29(27,28)25(13-16-5-4-10-22-11-16)18-14-24(15-18)21(26)9-8-17-12-23-20-7-3-2-6-19(17)20/h2-7,10-12,18,23H,8-9,13-15H2,1H3. The number of amides is 1. The van der Waals surface area contributed by atoms with Crippen molar-refractivity contribution in [2.75, 3.05) is 19.3 Å². The predicted molar refractivity (Wildman–Crippen MR) is 112 cm³/mol. The maximum absolute atomic E-state index is 12.6. The van der Waals surface area contributed by atoms with E-state index in [9.17, 15) is 13.2 Å². The second-order valence-electron chi connectivity index (χ2n) is 7.48. The Labute approximate surface area is 170 Å². The van der Waals surface area contributed by atoms with Gasteiger partial charge < -0.3 is 9.88 Å². The van der Waals surface area contributed by atoms with Gasteiger partial charge in [-0.15, -0.1) is 0 Å². The van der Waals surface area contributed by atoms with Crippen molar-refractivity contribution < 1.29 is 13.2 Å². The molecular formula is C21H24N4O3S. The third kappa shape index (κ3) is 4.33. The Kier molecular flexibility index (Phi) is 5.38. The van der Waals surface area contributed by atoms with Gasteiger partial charge in [-0.2, -0.15) is 4.31 Å². The Hall–Kier alpha value is -2.71. The van der Waals surface area contributed by atoms with E-state index in [0.29, 0.717) is 25.9 Å². The number of rotatable bonds is 7. The third-order valence-corrected chi connectivity index (χ3v) is 6.67. The maximum Gasteiger partial charge on any atom is 0.223 e. The molecule has 1 N–H and O–H groups in total. The van der Waals surface area contributed by atoms with E-state index in [-0.39, 0.29) is 18.5 Å². The second-order valence-corrected chi connectivity index (χ2v) is 9.42. The van der Waals surface area contributed by atoms with Crippen LogP contribution in [0.1, 0.15) is 17.5 Å². The first-order valence-electron chi connectivity index (χ1n) is 9.60. The van der Waals surface area contributed by atoms with Crippen LogP contribution < -0.4 is 0 Å². The Bertz CT molecular complexity index is 1110. The summed E-state index contributed by atoms with van der Waals surface area (Å²) in [5.41, 5.74) is 3.03. The molecule has 0 unspecified atom stereocenters. The highest BCUT2D eigenvalue weighted by Gasteiger charge is 2.38. The summed E-state index contributed by atoms with van der Waals surface area (Å²) < 4.78 is 26.0. The van der Waals surface area contributed by atoms with Crippen molar-refractivity contribution >= 4 is 26.8 Å². The molecule has 1 fully saturated rings. The van der Waals surface area contributed by atoms with Crippen LogP contribution in [0.5, 0.6) is 0 Å². The Morgan fingerprint density at radius 3 is 2.76 bits per heavy atom. The molecule has 7 nitrogen and oxygen atoms in total. The molecule has 2 aromatic heterocycles. The fraction of sp³-hybridized carbons (Fsp3) is 0.333. The zero-order valence-electron chi connectivity index (χ0n) is 16.3. The lowest BCUT2D eigenvalue weighted by Crippen LogP contribution is -2.61. The van der Waals surface area contributed by atoms with Crippen molar-refractivity contribution in [1.82, 2.24) is 19.2 Å². The first-order valence-corrected chi connectivity index (χ1v) is 11.4. The number of sulfonamides is 1. The second kappa shape index (κ2) is 7.96. The van der Waals surface area contributed by atoms with Crippen molar-refractivity contribution in [1.29, 1.82) is 0 Å². The van der Waals surface area contributed by atoms with E-state index < -0.39 is 10.0 Å². The van der Waals surface area contributed by atoms with Crippen molar-refractivity contribution in [2.24, 2.45) is 0 Å². The van der Waals surface area contributed by atoms with Gasteiger partial charge in [0.05, 0.1) is 12.3 Å². The van der Waals surface area contributed by atoms with Crippen LogP contribution in [0.25, 0.3) is 10.9 Å². The lowest BCUT2D eigenvalue weighted by atomic mass is 10.0. The topological polar surface area (TPSA) is 86.4 Å². The summed E-state index contributed by atoms with van der Waals surface area (Å²) in [4.78, 5) is 21.6. The van der Waals surface area contributed by atoms with Crippen LogP contribution in [0.3, 0.4) is 0 Å². The number of pyridine rings is 1. The van der Waals surface area contributed by atoms with Crippen molar-refractivity contribution in [2.45, 2.75) is 25.4 Å². The molecule has 1 aliphatic heterocycles. The summed E-state index contributed by atoms with van der Waals surface area (Å²) in [6, 6.07) is 11.5. The number of hydrogen-bond donors (Lipinski definition) is 1. The minimum Gasteiger partial charge on any atom is -0.361 e. The average molecular weight is 413 g/mol. The SMILES string of the molecule is CS(=O)(=O)N(Cc1cccnc1)C1CN(C(=O)CCc2c[nH]c3ccccc23)C1. The van der Waals surface area contributed by atoms with Gasteiger partial charge in [-0.25, -0.2) is 8.42 Å². The molecule has 1 amide bonds. The molecule has 0 bridgehead atoms. The van der Waals surface area contributed by atoms with Gasteiger partial charge in [-0.3, -0.25) is 9.78 Å². The number of hydrogen-bond acceptors (Lipinski definition) is 4. The lowest BCUT2D eigenvalue weighted by molar-refractivity contribution is -0.137. The van der Waals surface area contributed by atoms with Crippen molar-refractivity contribution in [3.63, 3.8) is 0 Å². The zero-order valence-corrected chi connectivity index (χ0v) is 17.1. The van der Waals surface area contributed by atoms with E-state index in [2.05, 4.69) is 9.97 Å². The molecule has 8 heteroatoms. The van der Waals surface area contributed by atoms with Gasteiger partial charge in [0.25, 0.3) is 0 Å². The van der Waals surface area contributed by atoms with E-state index in [0.717, 1.165) is 22.0 Å². The number of para-hydroxylation sites is 1. The predicted octanol–water partition coefficient (Wildman–Crippen LogP) is 2.17. The number of carbonyl (C=O) groups is 1. The van der Waals surface area contributed by atoms with Crippen LogP contribution in [0.2, 0.25) is 0 Å². The van der Waals surface area contributed by atoms with Gasteiger partial charge in [0.2, 0.25) is 15.9 Å². The van der Waals surface area contributed by atoms with Gasteiger partial charge in [-0.05, 0) is 29.7 Å². The molecule has 0 spiro atoms. The summed E-state index contributed by atoms with van der Waals surface area (Å²) in [7, 11) is -3.38. The number of aryl methyl sites for hydroxylation is 1. The third-order valence-electron chi connectivity index (χ3n) is 5.39. The monoisotopic (exact) mass is 412 g/mol. The number of likely N-dealkylation sites (tertiary alicyclic amines) is 1. The largest absolute Gasteiger partial charge is 0.361 e. The smallest absolute Gasteiger partial charge is 0.223 e. The summed E-state index contributed by atoms with van der Waals surface area (Å²) in [6.07, 6.45) is 7.57. The molecular weight excluding hydrogens is 388 g/mol. The number of fused-ring (bicyclic) bond motifs is 1. The van der Waals surface area contributed by atoms with E-state index in [1.54, 1.807) is 23.4 Å². The molecule has 152 valence electrons. The van der Waals surface area contributed by atoms with Gasteiger partial charge in [0, 0.05) is 55.5 Å². The van der Waals surface area contributed by atoms with Crippen LogP contribution in [0, 0.1) is 0 Å². The molecule has 0 aliphatic carbocycles. The van der Waals surface area contributed by atoms with E-state index in [1.165, 1.54) is 10.6 Å². The van der Waals surface area contributed by atoms with Gasteiger partial charge >= 0.3 is 0 Å². The number of aromatic nitrogens is 2. The molecule has 29 heavy (non-hydrogen) atoms. The van der Waals surface area contributed by atoms with E-state index in [1.807, 2.05) is 36.5 Å². The van der Waals surface area contributed by atoms with Crippen LogP contribution >= 0.6 is 0 Å². The number of carbonyl (C=O) groups excluding carboxylic acids is 1. The number of aromatic amines is 1. The van der Waals surface area contributed by atoms with Gasteiger partial charge in [-0.1, -0.05) is 24.3 Å². The average Bonchev–Trinajstić information content (AvgIpc) is 3.08. The van der Waals surface area contributed by atoms with E-state index in [4.69, 9.17) is 0 Å². The lowest BCUT2D eigenvalue weighted by Gasteiger charge is -2.44. The van der Waals surface area contributed by atoms with Crippen LogP contribution in [0.15, 0.2) is 55.0 Å². The highest BCUT2D eigenvalue weighted by molar-refractivity contribution is 7.88. The maximum atomic E-state index is 12.6. The molecule has 3 aromatic rings. The molecule has 0 radical (unpaired) electrons. The van der Waals surface area contributed by atoms with Crippen molar-refractivity contribution in [3.05, 3.63) is 66.1 Å². The molecule has 1 saturated heterocycles. The summed E-state index contributed by atoms with van der Waals surface area (Å²) >= 11 is 0. The summed E-state index contributed by atoms with van der Waals surface area (Å²) in [6.45, 7) is 1.13. The van der Waals surface area contributed by atoms with Crippen LogP contribution in [-0.2, 0) is 27.8 Å². The number of benzene rings is 1.